The average molecular weight is 306 g/mol. The van der Waals surface area contributed by atoms with Gasteiger partial charge in [-0.15, -0.1) is 4.91 Å². The summed E-state index contributed by atoms with van der Waals surface area (Å²) in [5.74, 6) is 0. The van der Waals surface area contributed by atoms with Crippen LogP contribution in [0.3, 0.4) is 0 Å². The number of ether oxygens (including phenoxy) is 1. The van der Waals surface area contributed by atoms with Crippen molar-refractivity contribution in [1.29, 1.82) is 0 Å². The Labute approximate surface area is 128 Å². The van der Waals surface area contributed by atoms with E-state index < -0.39 is 0 Å². The molecule has 5 nitrogen and oxygen atoms in total. The van der Waals surface area contributed by atoms with Gasteiger partial charge in [-0.3, -0.25) is 9.99 Å². The summed E-state index contributed by atoms with van der Waals surface area (Å²) in [7, 11) is 1.61. The molecule has 0 saturated carbocycles. The first-order chi connectivity index (χ1) is 10.2. The van der Waals surface area contributed by atoms with Crippen LogP contribution in [0.4, 0.5) is 0 Å². The van der Waals surface area contributed by atoms with Gasteiger partial charge in [0, 0.05) is 18.3 Å². The van der Waals surface area contributed by atoms with Crippen LogP contribution in [0.2, 0.25) is 5.02 Å². The van der Waals surface area contributed by atoms with Crippen molar-refractivity contribution in [3.05, 3.63) is 69.8 Å². The zero-order chi connectivity index (χ0) is 15.1. The van der Waals surface area contributed by atoms with Gasteiger partial charge in [-0.25, -0.2) is 0 Å². The fourth-order valence-corrected chi connectivity index (χ4v) is 1.99. The maximum atomic E-state index is 10.4. The Hall–Kier alpha value is -1.98. The van der Waals surface area contributed by atoms with Crippen molar-refractivity contribution in [3.63, 3.8) is 0 Å². The highest BCUT2D eigenvalue weighted by Gasteiger charge is 2.16. The lowest BCUT2D eigenvalue weighted by Gasteiger charge is -2.19. The molecule has 21 heavy (non-hydrogen) atoms. The van der Waals surface area contributed by atoms with Crippen LogP contribution in [-0.4, -0.2) is 30.2 Å². The first kappa shape index (κ1) is 15.4. The minimum atomic E-state index is -0.302. The Morgan fingerprint density at radius 1 is 1.29 bits per heavy atom. The van der Waals surface area contributed by atoms with Crippen LogP contribution in [0.25, 0.3) is 0 Å². The van der Waals surface area contributed by atoms with Gasteiger partial charge in [0.1, 0.15) is 6.10 Å². The highest BCUT2D eigenvalue weighted by Crippen LogP contribution is 2.25. The van der Waals surface area contributed by atoms with Crippen LogP contribution in [0, 0.1) is 4.91 Å². The summed E-state index contributed by atoms with van der Waals surface area (Å²) in [6, 6.07) is 13.1. The predicted octanol–water partition coefficient (Wildman–Crippen LogP) is 3.45. The van der Waals surface area contributed by atoms with E-state index in [1.807, 2.05) is 42.5 Å². The molecule has 0 aliphatic rings. The van der Waals surface area contributed by atoms with E-state index >= 15 is 0 Å². The number of pyridine rings is 1. The molecule has 0 N–H and O–H groups in total. The summed E-state index contributed by atoms with van der Waals surface area (Å²) in [5, 5.41) is 4.77. The molecule has 6 heteroatoms. The normalized spacial score (nSPS) is 11.9. The number of nitroso groups, excluding NO2 is 1. The number of likely N-dealkylation sites (N-methyl/N-ethyl adjacent to an activating group) is 1. The van der Waals surface area contributed by atoms with Gasteiger partial charge in [-0.1, -0.05) is 29.8 Å². The Morgan fingerprint density at radius 2 is 2.05 bits per heavy atom. The Bertz CT molecular complexity index is 563. The van der Waals surface area contributed by atoms with E-state index in [1.165, 1.54) is 5.01 Å². The van der Waals surface area contributed by atoms with Crippen LogP contribution in [-0.2, 0) is 4.74 Å². The van der Waals surface area contributed by atoms with Crippen LogP contribution in [0.15, 0.2) is 53.9 Å². The predicted molar refractivity (Wildman–Crippen MR) is 81.9 cm³/mol. The lowest BCUT2D eigenvalue weighted by atomic mass is 10.1. The maximum absolute atomic E-state index is 10.4. The molecule has 2 rings (SSSR count). The first-order valence-electron chi connectivity index (χ1n) is 6.53. The molecule has 0 aliphatic heterocycles. The summed E-state index contributed by atoms with van der Waals surface area (Å²) in [5.41, 5.74) is 1.77. The average Bonchev–Trinajstić information content (AvgIpc) is 2.53. The van der Waals surface area contributed by atoms with Crippen molar-refractivity contribution in [1.82, 2.24) is 9.99 Å². The van der Waals surface area contributed by atoms with Gasteiger partial charge in [0.25, 0.3) is 0 Å². The van der Waals surface area contributed by atoms with Gasteiger partial charge >= 0.3 is 0 Å². The highest BCUT2D eigenvalue weighted by atomic mass is 35.5. The second kappa shape index (κ2) is 7.71. The van der Waals surface area contributed by atoms with Crippen molar-refractivity contribution in [2.45, 2.75) is 6.10 Å². The molecular formula is C15H16ClN3O2. The number of hydrogen-bond donors (Lipinski definition) is 0. The van der Waals surface area contributed by atoms with E-state index in [0.717, 1.165) is 11.3 Å². The van der Waals surface area contributed by atoms with Crippen molar-refractivity contribution >= 4 is 11.6 Å². The molecule has 1 atom stereocenters. The Morgan fingerprint density at radius 3 is 2.67 bits per heavy atom. The van der Waals surface area contributed by atoms with Crippen molar-refractivity contribution in [2.75, 3.05) is 20.2 Å². The number of benzene rings is 1. The van der Waals surface area contributed by atoms with Crippen molar-refractivity contribution < 1.29 is 4.74 Å². The number of nitrogens with zero attached hydrogens (tertiary/aromatic N) is 3. The molecule has 0 amide bonds. The van der Waals surface area contributed by atoms with Crippen LogP contribution in [0.1, 0.15) is 17.4 Å². The summed E-state index contributed by atoms with van der Waals surface area (Å²) >= 11 is 5.92. The molecule has 0 spiro atoms. The zero-order valence-electron chi connectivity index (χ0n) is 11.6. The number of aromatic nitrogens is 1. The number of halogens is 1. The minimum Gasteiger partial charge on any atom is -0.365 e. The molecule has 1 aromatic heterocycles. The molecule has 1 unspecified atom stereocenters. The fourth-order valence-electron chi connectivity index (χ4n) is 1.86. The van der Waals surface area contributed by atoms with Crippen LogP contribution in [0.5, 0.6) is 0 Å². The SMILES string of the molecule is CN(CCOC(c1ccc(Cl)cc1)c1ccccn1)N=O. The van der Waals surface area contributed by atoms with Gasteiger partial charge in [0.05, 0.1) is 24.1 Å². The standard InChI is InChI=1S/C15H16ClN3O2/c1-19(18-20)10-11-21-15(14-4-2-3-9-17-14)12-5-7-13(16)8-6-12/h2-9,15H,10-11H2,1H3. The van der Waals surface area contributed by atoms with Gasteiger partial charge in [-0.2, -0.15) is 0 Å². The molecule has 2 aromatic rings. The summed E-state index contributed by atoms with van der Waals surface area (Å²) in [4.78, 5) is 14.7. The molecule has 0 saturated heterocycles. The summed E-state index contributed by atoms with van der Waals surface area (Å²) in [6.07, 6.45) is 1.42. The van der Waals surface area contributed by atoms with Crippen molar-refractivity contribution in [2.24, 2.45) is 5.29 Å². The van der Waals surface area contributed by atoms with Gasteiger partial charge < -0.3 is 4.74 Å². The van der Waals surface area contributed by atoms with Gasteiger partial charge in [0.2, 0.25) is 0 Å². The number of hydrogen-bond acceptors (Lipinski definition) is 4. The smallest absolute Gasteiger partial charge is 0.125 e. The topological polar surface area (TPSA) is 54.8 Å². The molecule has 0 radical (unpaired) electrons. The molecule has 1 heterocycles. The van der Waals surface area contributed by atoms with Crippen molar-refractivity contribution in [3.8, 4) is 0 Å². The molecule has 0 fully saturated rings. The Kier molecular flexibility index (Phi) is 5.66. The monoisotopic (exact) mass is 305 g/mol. The van der Waals surface area contributed by atoms with E-state index in [2.05, 4.69) is 10.3 Å². The lowest BCUT2D eigenvalue weighted by Crippen LogP contribution is -2.19. The van der Waals surface area contributed by atoms with Gasteiger partial charge in [0.15, 0.2) is 0 Å². The van der Waals surface area contributed by atoms with E-state index in [9.17, 15) is 4.91 Å². The molecule has 110 valence electrons. The third-order valence-electron chi connectivity index (χ3n) is 2.97. The first-order valence-corrected chi connectivity index (χ1v) is 6.91. The third-order valence-corrected chi connectivity index (χ3v) is 3.22. The maximum Gasteiger partial charge on any atom is 0.125 e. The van der Waals surface area contributed by atoms with Crippen LogP contribution >= 0.6 is 11.6 Å². The molecule has 1 aromatic carbocycles. The fraction of sp³-hybridized carbons (Fsp3) is 0.267. The summed E-state index contributed by atoms with van der Waals surface area (Å²) in [6.45, 7) is 0.784. The molecule has 0 bridgehead atoms. The van der Waals surface area contributed by atoms with E-state index in [4.69, 9.17) is 16.3 Å². The van der Waals surface area contributed by atoms with Gasteiger partial charge in [-0.05, 0) is 29.8 Å². The third kappa shape index (κ3) is 4.51. The lowest BCUT2D eigenvalue weighted by molar-refractivity contribution is 0.0625. The minimum absolute atomic E-state index is 0.302. The Balaban J connectivity index is 2.15. The van der Waals surface area contributed by atoms with E-state index in [-0.39, 0.29) is 6.10 Å². The second-order valence-corrected chi connectivity index (χ2v) is 4.96. The number of rotatable bonds is 7. The van der Waals surface area contributed by atoms with E-state index in [1.54, 1.807) is 13.2 Å². The second-order valence-electron chi connectivity index (χ2n) is 4.52. The largest absolute Gasteiger partial charge is 0.365 e. The molecule has 0 aliphatic carbocycles. The quantitative estimate of drug-likeness (QED) is 0.581. The highest BCUT2D eigenvalue weighted by molar-refractivity contribution is 6.30. The zero-order valence-corrected chi connectivity index (χ0v) is 12.4. The van der Waals surface area contributed by atoms with E-state index in [0.29, 0.717) is 18.2 Å². The summed E-state index contributed by atoms with van der Waals surface area (Å²) < 4.78 is 5.88. The molecular weight excluding hydrogens is 290 g/mol. The van der Waals surface area contributed by atoms with Crippen LogP contribution < -0.4 is 0 Å².